The van der Waals surface area contributed by atoms with E-state index < -0.39 is 5.97 Å². The molecule has 0 unspecified atom stereocenters. The molecule has 3 aromatic rings. The van der Waals surface area contributed by atoms with Gasteiger partial charge >= 0.3 is 5.97 Å². The molecule has 31 heavy (non-hydrogen) atoms. The van der Waals surface area contributed by atoms with E-state index in [4.69, 9.17) is 4.74 Å². The zero-order valence-electron chi connectivity index (χ0n) is 18.9. The van der Waals surface area contributed by atoms with Crippen LogP contribution >= 0.6 is 0 Å². The normalized spacial score (nSPS) is 11.3. The molecule has 0 heterocycles. The van der Waals surface area contributed by atoms with Crippen molar-refractivity contribution in [2.45, 2.75) is 46.2 Å². The van der Waals surface area contributed by atoms with Gasteiger partial charge in [0.25, 0.3) is 0 Å². The molecular formula is C28H31NO2. The van der Waals surface area contributed by atoms with E-state index in [2.05, 4.69) is 104 Å². The van der Waals surface area contributed by atoms with Crippen LogP contribution < -0.4 is 0 Å². The van der Waals surface area contributed by atoms with Gasteiger partial charge in [-0.05, 0) is 39.8 Å². The fourth-order valence-corrected chi connectivity index (χ4v) is 3.60. The highest BCUT2D eigenvalue weighted by Crippen LogP contribution is 2.24. The third kappa shape index (κ3) is 6.44. The minimum absolute atomic E-state index is 0.131. The standard InChI is InChI=1S/C28H31NO2/c1-5-31-27(30)14-9-19-29(20-22-15-17-25(18-16-22)28(2,3)4)21-24-12-8-11-23-10-6-7-13-26(23)24/h6-8,10-13,15-18H,5,19-21H2,1-4H3. The lowest BCUT2D eigenvalue weighted by atomic mass is 9.87. The van der Waals surface area contributed by atoms with Crippen molar-refractivity contribution < 1.29 is 9.53 Å². The van der Waals surface area contributed by atoms with Gasteiger partial charge < -0.3 is 4.74 Å². The third-order valence-electron chi connectivity index (χ3n) is 5.27. The lowest BCUT2D eigenvalue weighted by molar-refractivity contribution is -0.136. The van der Waals surface area contributed by atoms with E-state index >= 15 is 0 Å². The molecule has 0 amide bonds. The molecule has 0 aromatic heterocycles. The summed E-state index contributed by atoms with van der Waals surface area (Å²) in [6.07, 6.45) is 0. The summed E-state index contributed by atoms with van der Waals surface area (Å²) in [5.41, 5.74) is 3.93. The topological polar surface area (TPSA) is 29.5 Å². The molecule has 0 bridgehead atoms. The Hall–Kier alpha value is -3.09. The molecule has 0 saturated heterocycles. The third-order valence-corrected chi connectivity index (χ3v) is 5.27. The molecule has 3 heteroatoms. The molecule has 160 valence electrons. The fraction of sp³-hybridized carbons (Fsp3) is 0.321. The molecule has 3 nitrogen and oxygen atoms in total. The molecule has 0 aliphatic heterocycles. The Kier molecular flexibility index (Phi) is 7.50. The van der Waals surface area contributed by atoms with Crippen molar-refractivity contribution in [1.29, 1.82) is 0 Å². The molecule has 0 atom stereocenters. The van der Waals surface area contributed by atoms with E-state index in [-0.39, 0.29) is 5.41 Å². The van der Waals surface area contributed by atoms with Crippen molar-refractivity contribution >= 4 is 16.7 Å². The van der Waals surface area contributed by atoms with Crippen molar-refractivity contribution in [3.63, 3.8) is 0 Å². The number of carbonyl (C=O) groups is 1. The summed E-state index contributed by atoms with van der Waals surface area (Å²) in [5.74, 6) is 5.12. The smallest absolute Gasteiger partial charge is 0.384 e. The molecular weight excluding hydrogens is 382 g/mol. The summed E-state index contributed by atoms with van der Waals surface area (Å²) in [4.78, 5) is 13.9. The number of esters is 1. The van der Waals surface area contributed by atoms with Crippen molar-refractivity contribution in [3.8, 4) is 11.8 Å². The molecule has 0 N–H and O–H groups in total. The Morgan fingerprint density at radius 1 is 0.935 bits per heavy atom. The Balaban J connectivity index is 1.83. The molecule has 3 rings (SSSR count). The van der Waals surface area contributed by atoms with Crippen LogP contribution in [0.2, 0.25) is 0 Å². The van der Waals surface area contributed by atoms with E-state index in [1.165, 1.54) is 27.5 Å². The van der Waals surface area contributed by atoms with Crippen LogP contribution in [0.3, 0.4) is 0 Å². The van der Waals surface area contributed by atoms with Crippen LogP contribution in [-0.4, -0.2) is 24.0 Å². The average molecular weight is 414 g/mol. The number of carbonyl (C=O) groups excluding carboxylic acids is 1. The maximum Gasteiger partial charge on any atom is 0.384 e. The summed E-state index contributed by atoms with van der Waals surface area (Å²) in [6.45, 7) is 10.8. The van der Waals surface area contributed by atoms with Crippen molar-refractivity contribution in [1.82, 2.24) is 4.90 Å². The van der Waals surface area contributed by atoms with Gasteiger partial charge in [0.1, 0.15) is 0 Å². The summed E-state index contributed by atoms with van der Waals surface area (Å²) >= 11 is 0. The Bertz CT molecular complexity index is 1080. The van der Waals surface area contributed by atoms with E-state index in [9.17, 15) is 4.79 Å². The lowest BCUT2D eigenvalue weighted by Crippen LogP contribution is -2.23. The second kappa shape index (κ2) is 10.3. The highest BCUT2D eigenvalue weighted by atomic mass is 16.5. The Morgan fingerprint density at radius 3 is 2.35 bits per heavy atom. The summed E-state index contributed by atoms with van der Waals surface area (Å²) in [7, 11) is 0. The largest absolute Gasteiger partial charge is 0.456 e. The van der Waals surface area contributed by atoms with Gasteiger partial charge in [0.05, 0.1) is 13.2 Å². The molecule has 0 fully saturated rings. The predicted molar refractivity (Wildman–Crippen MR) is 128 cm³/mol. The minimum atomic E-state index is -0.470. The van der Waals surface area contributed by atoms with Gasteiger partial charge in [-0.3, -0.25) is 4.90 Å². The SMILES string of the molecule is CCOC(=O)C#CCN(Cc1ccc(C(C)(C)C)cc1)Cc1cccc2ccccc12. The average Bonchev–Trinajstić information content (AvgIpc) is 2.74. The fourth-order valence-electron chi connectivity index (χ4n) is 3.60. The number of ether oxygens (including phenoxy) is 1. The van der Waals surface area contributed by atoms with Crippen molar-refractivity contribution in [3.05, 3.63) is 83.4 Å². The molecule has 0 spiro atoms. The first-order chi connectivity index (χ1) is 14.9. The first-order valence-electron chi connectivity index (χ1n) is 10.8. The van der Waals surface area contributed by atoms with Crippen molar-refractivity contribution in [2.75, 3.05) is 13.2 Å². The monoisotopic (exact) mass is 413 g/mol. The number of benzene rings is 3. The second-order valence-electron chi connectivity index (χ2n) is 8.75. The van der Waals surface area contributed by atoms with E-state index in [1.807, 2.05) is 0 Å². The van der Waals surface area contributed by atoms with Crippen LogP contribution in [0.5, 0.6) is 0 Å². The summed E-state index contributed by atoms with van der Waals surface area (Å²) in [6, 6.07) is 23.6. The minimum Gasteiger partial charge on any atom is -0.456 e. The highest BCUT2D eigenvalue weighted by Gasteiger charge is 2.14. The number of nitrogens with zero attached hydrogens (tertiary/aromatic N) is 1. The Morgan fingerprint density at radius 2 is 1.65 bits per heavy atom. The van der Waals surface area contributed by atoms with E-state index in [0.717, 1.165) is 13.1 Å². The Labute approximate surface area is 186 Å². The molecule has 3 aromatic carbocycles. The van der Waals surface area contributed by atoms with Gasteiger partial charge in [0.15, 0.2) is 0 Å². The quantitative estimate of drug-likeness (QED) is 0.295. The van der Waals surface area contributed by atoms with Crippen LogP contribution in [0.25, 0.3) is 10.8 Å². The zero-order chi connectivity index (χ0) is 22.3. The first kappa shape index (κ1) is 22.6. The first-order valence-corrected chi connectivity index (χ1v) is 10.8. The van der Waals surface area contributed by atoms with Gasteiger partial charge in [-0.15, -0.1) is 0 Å². The van der Waals surface area contributed by atoms with Crippen molar-refractivity contribution in [2.24, 2.45) is 0 Å². The van der Waals surface area contributed by atoms with Crippen LogP contribution in [0.15, 0.2) is 66.7 Å². The highest BCUT2D eigenvalue weighted by molar-refractivity contribution is 5.88. The number of fused-ring (bicyclic) bond motifs is 1. The maximum atomic E-state index is 11.6. The zero-order valence-corrected chi connectivity index (χ0v) is 18.9. The second-order valence-corrected chi connectivity index (χ2v) is 8.75. The van der Waals surface area contributed by atoms with Crippen LogP contribution in [0.1, 0.15) is 44.4 Å². The van der Waals surface area contributed by atoms with Gasteiger partial charge in [0.2, 0.25) is 0 Å². The van der Waals surface area contributed by atoms with E-state index in [1.54, 1.807) is 6.92 Å². The lowest BCUT2D eigenvalue weighted by Gasteiger charge is -2.23. The van der Waals surface area contributed by atoms with Gasteiger partial charge in [0, 0.05) is 19.0 Å². The number of hydrogen-bond acceptors (Lipinski definition) is 3. The number of rotatable bonds is 6. The van der Waals surface area contributed by atoms with Crippen LogP contribution in [0.4, 0.5) is 0 Å². The van der Waals surface area contributed by atoms with E-state index in [0.29, 0.717) is 13.2 Å². The molecule has 0 aliphatic carbocycles. The molecule has 0 saturated carbocycles. The maximum absolute atomic E-state index is 11.6. The van der Waals surface area contributed by atoms with Crippen LogP contribution in [-0.2, 0) is 28.0 Å². The number of hydrogen-bond donors (Lipinski definition) is 0. The van der Waals surface area contributed by atoms with Gasteiger partial charge in [-0.2, -0.15) is 0 Å². The van der Waals surface area contributed by atoms with Crippen LogP contribution in [0, 0.1) is 11.8 Å². The molecule has 0 aliphatic rings. The summed E-state index contributed by atoms with van der Waals surface area (Å²) < 4.78 is 4.93. The summed E-state index contributed by atoms with van der Waals surface area (Å²) in [5, 5.41) is 2.48. The van der Waals surface area contributed by atoms with Gasteiger partial charge in [-0.25, -0.2) is 4.79 Å². The predicted octanol–water partition coefficient (Wildman–Crippen LogP) is 5.71. The van der Waals surface area contributed by atoms with Gasteiger partial charge in [-0.1, -0.05) is 93.4 Å². The molecule has 0 radical (unpaired) electrons.